The molecule has 0 aromatic heterocycles. The minimum Gasteiger partial charge on any atom is -0.393 e. The molecule has 6 unspecified atom stereocenters. The first-order chi connectivity index (χ1) is 13.1. The predicted octanol–water partition coefficient (Wildman–Crippen LogP) is 5.41. The van der Waals surface area contributed by atoms with E-state index in [9.17, 15) is 5.11 Å². The summed E-state index contributed by atoms with van der Waals surface area (Å²) in [6.07, 6.45) is 12.1. The fourth-order valence-electron chi connectivity index (χ4n) is 5.07. The lowest BCUT2D eigenvalue weighted by Gasteiger charge is -2.39. The fourth-order valence-corrected chi connectivity index (χ4v) is 5.07. The van der Waals surface area contributed by atoms with Crippen molar-refractivity contribution in [1.29, 1.82) is 0 Å². The van der Waals surface area contributed by atoms with Gasteiger partial charge in [-0.2, -0.15) is 0 Å². The van der Waals surface area contributed by atoms with Gasteiger partial charge in [0.15, 0.2) is 0 Å². The number of hydrogen-bond donors (Lipinski definition) is 2. The van der Waals surface area contributed by atoms with Gasteiger partial charge in [-0.3, -0.25) is 0 Å². The van der Waals surface area contributed by atoms with E-state index < -0.39 is 5.72 Å². The highest BCUT2D eigenvalue weighted by atomic mass is 16.5. The van der Waals surface area contributed by atoms with Crippen LogP contribution in [0.15, 0.2) is 0 Å². The molecule has 0 spiro atoms. The maximum absolute atomic E-state index is 10.3. The Labute approximate surface area is 173 Å². The molecular weight excluding hydrogens is 350 g/mol. The molecule has 2 rings (SSSR count). The summed E-state index contributed by atoms with van der Waals surface area (Å²) >= 11 is 0. The van der Waals surface area contributed by atoms with E-state index in [4.69, 9.17) is 15.2 Å². The Hall–Kier alpha value is -0.160. The molecular formula is C24H47NO3. The van der Waals surface area contributed by atoms with Crippen LogP contribution >= 0.6 is 0 Å². The average molecular weight is 398 g/mol. The summed E-state index contributed by atoms with van der Waals surface area (Å²) in [5, 5.41) is 10.3. The predicted molar refractivity (Wildman–Crippen MR) is 116 cm³/mol. The summed E-state index contributed by atoms with van der Waals surface area (Å²) in [6.45, 7) is 12.8. The van der Waals surface area contributed by atoms with E-state index in [2.05, 4.69) is 27.7 Å². The molecule has 6 atom stereocenters. The molecule has 28 heavy (non-hydrogen) atoms. The monoisotopic (exact) mass is 397 g/mol. The lowest BCUT2D eigenvalue weighted by molar-refractivity contribution is -0.119. The van der Waals surface area contributed by atoms with Gasteiger partial charge in [-0.15, -0.1) is 0 Å². The first-order valence-corrected chi connectivity index (χ1v) is 11.9. The van der Waals surface area contributed by atoms with E-state index in [0.717, 1.165) is 38.7 Å². The topological polar surface area (TPSA) is 64.7 Å². The minimum atomic E-state index is -0.710. The summed E-state index contributed by atoms with van der Waals surface area (Å²) in [5.74, 6) is 0.707. The van der Waals surface area contributed by atoms with Crippen LogP contribution in [0.2, 0.25) is 0 Å². The number of hydrogen-bond acceptors (Lipinski definition) is 4. The Balaban J connectivity index is 1.61. The summed E-state index contributed by atoms with van der Waals surface area (Å²) in [5.41, 5.74) is 6.18. The molecule has 0 bridgehead atoms. The van der Waals surface area contributed by atoms with Crippen LogP contribution < -0.4 is 5.73 Å². The summed E-state index contributed by atoms with van der Waals surface area (Å²) in [6, 6.07) is 0. The van der Waals surface area contributed by atoms with Crippen molar-refractivity contribution in [2.75, 3.05) is 13.2 Å². The van der Waals surface area contributed by atoms with Crippen molar-refractivity contribution >= 4 is 0 Å². The highest BCUT2D eigenvalue weighted by Crippen LogP contribution is 2.61. The maximum atomic E-state index is 10.3. The molecule has 0 aliphatic heterocycles. The number of nitrogens with two attached hydrogens (primary N) is 1. The average Bonchev–Trinajstić information content (AvgIpc) is 3.16. The highest BCUT2D eigenvalue weighted by molar-refractivity contribution is 5.12. The maximum Gasteiger partial charge on any atom is 0.119 e. The Morgan fingerprint density at radius 1 is 1.14 bits per heavy atom. The first-order valence-electron chi connectivity index (χ1n) is 11.9. The van der Waals surface area contributed by atoms with E-state index >= 15 is 0 Å². The molecule has 0 aromatic carbocycles. The molecule has 4 heteroatoms. The quantitative estimate of drug-likeness (QED) is 0.322. The molecule has 0 amide bonds. The minimum absolute atomic E-state index is 0.0664. The van der Waals surface area contributed by atoms with Crippen molar-refractivity contribution in [2.24, 2.45) is 23.0 Å². The molecule has 166 valence electrons. The van der Waals surface area contributed by atoms with Gasteiger partial charge in [0.25, 0.3) is 0 Å². The molecule has 2 aliphatic carbocycles. The lowest BCUT2D eigenvalue weighted by Crippen LogP contribution is -2.52. The Kier molecular flexibility index (Phi) is 8.82. The zero-order valence-corrected chi connectivity index (χ0v) is 19.3. The van der Waals surface area contributed by atoms with Crippen LogP contribution in [-0.4, -0.2) is 35.8 Å². The van der Waals surface area contributed by atoms with Crippen molar-refractivity contribution in [1.82, 2.24) is 0 Å². The zero-order valence-electron chi connectivity index (χ0n) is 19.3. The second-order valence-electron chi connectivity index (χ2n) is 10.4. The third kappa shape index (κ3) is 6.42. The number of rotatable bonds is 13. The molecule has 0 saturated heterocycles. The summed E-state index contributed by atoms with van der Waals surface area (Å²) in [7, 11) is 0. The third-order valence-corrected chi connectivity index (χ3v) is 7.71. The van der Waals surface area contributed by atoms with Gasteiger partial charge in [0.1, 0.15) is 5.72 Å². The van der Waals surface area contributed by atoms with E-state index in [0.29, 0.717) is 17.9 Å². The van der Waals surface area contributed by atoms with Gasteiger partial charge in [0, 0.05) is 19.1 Å². The van der Waals surface area contributed by atoms with Gasteiger partial charge in [-0.1, -0.05) is 52.9 Å². The molecule has 0 aromatic rings. The SMILES string of the molecule is CCCCOC1(C)CC1(C)CCCC(C)CCOC(C)(N)C1CCCCC1O. The smallest absolute Gasteiger partial charge is 0.119 e. The van der Waals surface area contributed by atoms with Crippen molar-refractivity contribution in [3.63, 3.8) is 0 Å². The van der Waals surface area contributed by atoms with E-state index in [1.807, 2.05) is 6.92 Å². The van der Waals surface area contributed by atoms with Crippen LogP contribution in [0.25, 0.3) is 0 Å². The van der Waals surface area contributed by atoms with Crippen molar-refractivity contribution < 1.29 is 14.6 Å². The number of unbranched alkanes of at least 4 members (excludes halogenated alkanes) is 1. The van der Waals surface area contributed by atoms with Crippen molar-refractivity contribution in [3.05, 3.63) is 0 Å². The van der Waals surface area contributed by atoms with Crippen molar-refractivity contribution in [2.45, 2.75) is 123 Å². The number of ether oxygens (including phenoxy) is 2. The van der Waals surface area contributed by atoms with Crippen LogP contribution in [0, 0.1) is 17.3 Å². The zero-order chi connectivity index (χ0) is 20.8. The van der Waals surface area contributed by atoms with Crippen LogP contribution in [0.5, 0.6) is 0 Å². The van der Waals surface area contributed by atoms with Crippen LogP contribution in [-0.2, 0) is 9.47 Å². The van der Waals surface area contributed by atoms with E-state index in [-0.39, 0.29) is 17.6 Å². The summed E-state index contributed by atoms with van der Waals surface area (Å²) < 4.78 is 12.2. The lowest BCUT2D eigenvalue weighted by atomic mass is 9.80. The first kappa shape index (κ1) is 24.1. The van der Waals surface area contributed by atoms with Crippen molar-refractivity contribution in [3.8, 4) is 0 Å². The molecule has 0 radical (unpaired) electrons. The fraction of sp³-hybridized carbons (Fsp3) is 1.00. The molecule has 2 aliphatic rings. The second kappa shape index (κ2) is 10.2. The molecule has 3 N–H and O–H groups in total. The summed E-state index contributed by atoms with van der Waals surface area (Å²) in [4.78, 5) is 0. The van der Waals surface area contributed by atoms with Gasteiger partial charge in [-0.05, 0) is 63.7 Å². The van der Waals surface area contributed by atoms with Crippen LogP contribution in [0.4, 0.5) is 0 Å². The second-order valence-corrected chi connectivity index (χ2v) is 10.4. The van der Waals surface area contributed by atoms with Gasteiger partial charge < -0.3 is 20.3 Å². The molecule has 2 fully saturated rings. The normalized spacial score (nSPS) is 36.1. The Morgan fingerprint density at radius 2 is 1.86 bits per heavy atom. The standard InChI is InChI=1S/C24H47NO3/c1-6-7-16-27-23(4)18-22(23,3)15-10-11-19(2)14-17-28-24(5,25)20-12-8-9-13-21(20)26/h19-21,26H,6-18,25H2,1-5H3. The van der Waals surface area contributed by atoms with Gasteiger partial charge in [-0.25, -0.2) is 0 Å². The van der Waals surface area contributed by atoms with Gasteiger partial charge in [0.2, 0.25) is 0 Å². The van der Waals surface area contributed by atoms with Gasteiger partial charge >= 0.3 is 0 Å². The van der Waals surface area contributed by atoms with Crippen LogP contribution in [0.3, 0.4) is 0 Å². The van der Waals surface area contributed by atoms with Crippen LogP contribution in [0.1, 0.15) is 105 Å². The number of aliphatic hydroxyl groups excluding tert-OH is 1. The van der Waals surface area contributed by atoms with Gasteiger partial charge in [0.05, 0.1) is 11.7 Å². The van der Waals surface area contributed by atoms with E-state index in [1.54, 1.807) is 0 Å². The molecule has 4 nitrogen and oxygen atoms in total. The molecule has 2 saturated carbocycles. The highest BCUT2D eigenvalue weighted by Gasteiger charge is 2.61. The Morgan fingerprint density at radius 3 is 2.54 bits per heavy atom. The third-order valence-electron chi connectivity index (χ3n) is 7.71. The van der Waals surface area contributed by atoms with E-state index in [1.165, 1.54) is 38.5 Å². The largest absolute Gasteiger partial charge is 0.393 e. The molecule has 0 heterocycles. The number of aliphatic hydroxyl groups is 1. The Bertz CT molecular complexity index is 469.